The minimum Gasteiger partial charge on any atom is -0.458 e. The van der Waals surface area contributed by atoms with Crippen LogP contribution in [0.25, 0.3) is 11.0 Å². The Morgan fingerprint density at radius 3 is 2.76 bits per heavy atom. The quantitative estimate of drug-likeness (QED) is 0.616. The molecule has 2 saturated heterocycles. The highest BCUT2D eigenvalue weighted by molar-refractivity contribution is 6.04. The zero-order chi connectivity index (χ0) is 17.2. The molecule has 0 saturated carbocycles. The van der Waals surface area contributed by atoms with Gasteiger partial charge in [-0.3, -0.25) is 10.1 Å². The molecule has 0 bridgehead atoms. The molecule has 4 N–H and O–H groups in total. The minimum absolute atomic E-state index is 0.382. The van der Waals surface area contributed by atoms with E-state index in [1.54, 1.807) is 0 Å². The predicted molar refractivity (Wildman–Crippen MR) is 92.9 cm³/mol. The van der Waals surface area contributed by atoms with Crippen molar-refractivity contribution < 1.29 is 14.0 Å². The summed E-state index contributed by atoms with van der Waals surface area (Å²) in [6.45, 7) is 4.06. The number of fused-ring (bicyclic) bond motifs is 1. The summed E-state index contributed by atoms with van der Waals surface area (Å²) in [6, 6.07) is 6.58. The molecule has 0 unspecified atom stereocenters. The van der Waals surface area contributed by atoms with Crippen LogP contribution in [0.4, 0.5) is 4.79 Å². The molecular weight excluding hydrogens is 320 g/mol. The Bertz CT molecular complexity index is 795. The molecule has 2 aliphatic rings. The summed E-state index contributed by atoms with van der Waals surface area (Å²) in [5.74, 6) is 0.820. The van der Waals surface area contributed by atoms with Crippen molar-refractivity contribution in [3.8, 4) is 0 Å². The van der Waals surface area contributed by atoms with Crippen LogP contribution in [-0.2, 0) is 11.3 Å². The molecule has 0 spiro atoms. The Hall–Kier alpha value is -2.38. The first-order chi connectivity index (χ1) is 12.2. The lowest BCUT2D eigenvalue weighted by Crippen LogP contribution is -2.33. The molecule has 2 aromatic rings. The predicted octanol–water partition coefficient (Wildman–Crippen LogP) is 1.40. The van der Waals surface area contributed by atoms with E-state index in [1.165, 1.54) is 18.4 Å². The second-order valence-electron chi connectivity index (χ2n) is 6.74. The molecule has 3 heterocycles. The van der Waals surface area contributed by atoms with Gasteiger partial charge in [-0.1, -0.05) is 6.07 Å². The number of furan rings is 1. The summed E-state index contributed by atoms with van der Waals surface area (Å²) in [7, 11) is 0. The molecule has 0 radical (unpaired) electrons. The van der Waals surface area contributed by atoms with Gasteiger partial charge in [0.1, 0.15) is 11.3 Å². The second-order valence-corrected chi connectivity index (χ2v) is 6.74. The van der Waals surface area contributed by atoms with Crippen LogP contribution in [0.3, 0.4) is 0 Å². The topological polar surface area (TPSA) is 95.4 Å². The van der Waals surface area contributed by atoms with Gasteiger partial charge in [-0.2, -0.15) is 0 Å². The van der Waals surface area contributed by atoms with Crippen LogP contribution in [0.1, 0.15) is 30.2 Å². The third-order valence-corrected chi connectivity index (χ3v) is 4.88. The molecular formula is C18H22N4O3. The number of carbonyl (C=O) groups is 2. The Kier molecular flexibility index (Phi) is 4.42. The van der Waals surface area contributed by atoms with Crippen LogP contribution in [0.15, 0.2) is 28.7 Å². The van der Waals surface area contributed by atoms with Crippen molar-refractivity contribution in [1.29, 1.82) is 0 Å². The number of hydrogen-bond acceptors (Lipinski definition) is 5. The Morgan fingerprint density at radius 1 is 1.16 bits per heavy atom. The van der Waals surface area contributed by atoms with E-state index in [0.29, 0.717) is 11.3 Å². The van der Waals surface area contributed by atoms with Gasteiger partial charge in [-0.25, -0.2) is 4.79 Å². The van der Waals surface area contributed by atoms with Crippen molar-refractivity contribution in [2.24, 2.45) is 5.92 Å². The number of imide groups is 1. The van der Waals surface area contributed by atoms with Gasteiger partial charge in [0.25, 0.3) is 5.91 Å². The number of carbonyl (C=O) groups excluding carboxylic acids is 2. The average molecular weight is 342 g/mol. The molecule has 1 aromatic carbocycles. The Morgan fingerprint density at radius 2 is 2.00 bits per heavy atom. The number of benzene rings is 1. The maximum absolute atomic E-state index is 11.8. The second kappa shape index (κ2) is 6.85. The molecule has 2 fully saturated rings. The molecule has 25 heavy (non-hydrogen) atoms. The Balaban J connectivity index is 1.41. The maximum atomic E-state index is 11.8. The van der Waals surface area contributed by atoms with Crippen LogP contribution in [-0.4, -0.2) is 31.6 Å². The van der Waals surface area contributed by atoms with Crippen LogP contribution in [0.2, 0.25) is 0 Å². The highest BCUT2D eigenvalue weighted by Crippen LogP contribution is 2.26. The van der Waals surface area contributed by atoms with Gasteiger partial charge in [0.05, 0.1) is 0 Å². The van der Waals surface area contributed by atoms with E-state index < -0.39 is 12.1 Å². The number of rotatable bonds is 5. The summed E-state index contributed by atoms with van der Waals surface area (Å²) in [6.07, 6.45) is 2.46. The van der Waals surface area contributed by atoms with Crippen molar-refractivity contribution in [2.75, 3.05) is 19.6 Å². The SMILES string of the molecule is O=C1NC(=O)[C@H](c2cc3cc(CNCC4CCNCC4)ccc3o2)N1. The summed E-state index contributed by atoms with van der Waals surface area (Å²) < 4.78 is 5.72. The van der Waals surface area contributed by atoms with Gasteiger partial charge in [-0.05, 0) is 62.2 Å². The zero-order valence-electron chi connectivity index (χ0n) is 13.9. The maximum Gasteiger partial charge on any atom is 0.322 e. The average Bonchev–Trinajstić information content (AvgIpc) is 3.17. The number of urea groups is 1. The van der Waals surface area contributed by atoms with Crippen LogP contribution in [0.5, 0.6) is 0 Å². The summed E-state index contributed by atoms with van der Waals surface area (Å²) >= 11 is 0. The Labute approximate surface area is 145 Å². The lowest BCUT2D eigenvalue weighted by atomic mass is 9.98. The fourth-order valence-corrected chi connectivity index (χ4v) is 3.49. The first kappa shape index (κ1) is 16.1. The van der Waals surface area contributed by atoms with Gasteiger partial charge in [0.2, 0.25) is 0 Å². The number of nitrogens with one attached hydrogen (secondary N) is 4. The first-order valence-electron chi connectivity index (χ1n) is 8.74. The summed E-state index contributed by atoms with van der Waals surface area (Å²) in [4.78, 5) is 23.0. The molecule has 1 atom stereocenters. The highest BCUT2D eigenvalue weighted by atomic mass is 16.3. The highest BCUT2D eigenvalue weighted by Gasteiger charge is 2.33. The van der Waals surface area contributed by atoms with Crippen LogP contribution < -0.4 is 21.3 Å². The van der Waals surface area contributed by atoms with Crippen molar-refractivity contribution in [3.05, 3.63) is 35.6 Å². The van der Waals surface area contributed by atoms with Gasteiger partial charge in [0.15, 0.2) is 6.04 Å². The number of hydrogen-bond donors (Lipinski definition) is 4. The van der Waals surface area contributed by atoms with Crippen molar-refractivity contribution in [1.82, 2.24) is 21.3 Å². The van der Waals surface area contributed by atoms with Gasteiger partial charge in [0, 0.05) is 11.9 Å². The molecule has 7 heteroatoms. The summed E-state index contributed by atoms with van der Waals surface area (Å²) in [5, 5.41) is 12.6. The number of piperidine rings is 1. The van der Waals surface area contributed by atoms with E-state index in [2.05, 4.69) is 27.3 Å². The smallest absolute Gasteiger partial charge is 0.322 e. The van der Waals surface area contributed by atoms with Crippen LogP contribution in [0, 0.1) is 5.92 Å². The third kappa shape index (κ3) is 3.52. The minimum atomic E-state index is -0.749. The normalized spacial score (nSPS) is 21.5. The van der Waals surface area contributed by atoms with E-state index in [1.807, 2.05) is 18.2 Å². The van der Waals surface area contributed by atoms with E-state index >= 15 is 0 Å². The molecule has 2 aliphatic heterocycles. The molecule has 7 nitrogen and oxygen atoms in total. The summed E-state index contributed by atoms with van der Waals surface area (Å²) in [5.41, 5.74) is 1.89. The molecule has 0 aliphatic carbocycles. The van der Waals surface area contributed by atoms with E-state index in [-0.39, 0.29) is 5.91 Å². The molecule has 1 aromatic heterocycles. The van der Waals surface area contributed by atoms with E-state index in [0.717, 1.165) is 37.5 Å². The monoisotopic (exact) mass is 342 g/mol. The van der Waals surface area contributed by atoms with Crippen molar-refractivity contribution >= 4 is 22.9 Å². The first-order valence-corrected chi connectivity index (χ1v) is 8.74. The van der Waals surface area contributed by atoms with Gasteiger partial charge < -0.3 is 20.4 Å². The lowest BCUT2D eigenvalue weighted by molar-refractivity contribution is -0.120. The standard InChI is InChI=1S/C18H22N4O3/c23-17-16(21-18(24)22-17)15-8-13-7-12(1-2-14(13)25-15)10-20-9-11-3-5-19-6-4-11/h1-2,7-8,11,16,19-20H,3-6,9-10H2,(H2,21,22,23,24)/t16-/m0/s1. The lowest BCUT2D eigenvalue weighted by Gasteiger charge is -2.22. The van der Waals surface area contributed by atoms with E-state index in [4.69, 9.17) is 4.42 Å². The fraction of sp³-hybridized carbons (Fsp3) is 0.444. The molecule has 4 rings (SSSR count). The number of amides is 3. The fourth-order valence-electron chi connectivity index (χ4n) is 3.49. The largest absolute Gasteiger partial charge is 0.458 e. The van der Waals surface area contributed by atoms with Gasteiger partial charge >= 0.3 is 6.03 Å². The van der Waals surface area contributed by atoms with Crippen molar-refractivity contribution in [3.63, 3.8) is 0 Å². The van der Waals surface area contributed by atoms with Gasteiger partial charge in [-0.15, -0.1) is 0 Å². The van der Waals surface area contributed by atoms with Crippen molar-refractivity contribution in [2.45, 2.75) is 25.4 Å². The van der Waals surface area contributed by atoms with Crippen LogP contribution >= 0.6 is 0 Å². The zero-order valence-corrected chi connectivity index (χ0v) is 13.9. The molecule has 132 valence electrons. The molecule has 3 amide bonds. The van der Waals surface area contributed by atoms with E-state index in [9.17, 15) is 9.59 Å². The third-order valence-electron chi connectivity index (χ3n) is 4.88.